The molecular formula is C14H18FN3O3. The fourth-order valence-electron chi connectivity index (χ4n) is 2.35. The second kappa shape index (κ2) is 6.09. The number of rotatable bonds is 3. The van der Waals surface area contributed by atoms with Crippen molar-refractivity contribution >= 4 is 17.6 Å². The van der Waals surface area contributed by atoms with Crippen LogP contribution in [0.3, 0.4) is 0 Å². The summed E-state index contributed by atoms with van der Waals surface area (Å²) >= 11 is 0. The SMILES string of the molecule is CC(C(=O)O)N1CCN(C(=O)c2cc(F)ccc2N)CC1. The van der Waals surface area contributed by atoms with Crippen LogP contribution in [0, 0.1) is 5.82 Å². The Kier molecular flexibility index (Phi) is 4.42. The molecule has 1 fully saturated rings. The van der Waals surface area contributed by atoms with Gasteiger partial charge in [0.1, 0.15) is 11.9 Å². The molecule has 6 nitrogen and oxygen atoms in total. The molecule has 1 atom stereocenters. The van der Waals surface area contributed by atoms with Gasteiger partial charge in [0.05, 0.1) is 5.56 Å². The predicted molar refractivity (Wildman–Crippen MR) is 75.4 cm³/mol. The summed E-state index contributed by atoms with van der Waals surface area (Å²) in [5.74, 6) is -1.72. The Bertz CT molecular complexity index is 556. The van der Waals surface area contributed by atoms with Crippen molar-refractivity contribution in [1.29, 1.82) is 0 Å². The van der Waals surface area contributed by atoms with Crippen LogP contribution in [-0.4, -0.2) is 59.0 Å². The lowest BCUT2D eigenvalue weighted by molar-refractivity contribution is -0.143. The highest BCUT2D eigenvalue weighted by Crippen LogP contribution is 2.17. The Hall–Kier alpha value is -2.15. The van der Waals surface area contributed by atoms with E-state index in [1.54, 1.807) is 16.7 Å². The summed E-state index contributed by atoms with van der Waals surface area (Å²) in [7, 11) is 0. The lowest BCUT2D eigenvalue weighted by atomic mass is 10.1. The number of amides is 1. The van der Waals surface area contributed by atoms with Gasteiger partial charge in [-0.25, -0.2) is 4.39 Å². The number of halogens is 1. The summed E-state index contributed by atoms with van der Waals surface area (Å²) in [5.41, 5.74) is 6.10. The number of piperazine rings is 1. The topological polar surface area (TPSA) is 86.9 Å². The van der Waals surface area contributed by atoms with Crippen LogP contribution in [0.15, 0.2) is 18.2 Å². The summed E-state index contributed by atoms with van der Waals surface area (Å²) in [5, 5.41) is 8.97. The summed E-state index contributed by atoms with van der Waals surface area (Å²) in [6.45, 7) is 3.34. The number of aliphatic carboxylic acids is 1. The number of hydrogen-bond donors (Lipinski definition) is 2. The van der Waals surface area contributed by atoms with E-state index >= 15 is 0 Å². The maximum Gasteiger partial charge on any atom is 0.320 e. The number of carbonyl (C=O) groups excluding carboxylic acids is 1. The van der Waals surface area contributed by atoms with E-state index in [0.717, 1.165) is 6.07 Å². The van der Waals surface area contributed by atoms with Gasteiger partial charge in [-0.2, -0.15) is 0 Å². The Morgan fingerprint density at radius 3 is 2.48 bits per heavy atom. The molecule has 0 saturated carbocycles. The van der Waals surface area contributed by atoms with Crippen LogP contribution in [0.2, 0.25) is 0 Å². The first kappa shape index (κ1) is 15.2. The van der Waals surface area contributed by atoms with Crippen molar-refractivity contribution in [2.75, 3.05) is 31.9 Å². The van der Waals surface area contributed by atoms with Crippen LogP contribution in [0.4, 0.5) is 10.1 Å². The van der Waals surface area contributed by atoms with Gasteiger partial charge in [0.25, 0.3) is 5.91 Å². The molecule has 1 aliphatic heterocycles. The van der Waals surface area contributed by atoms with Crippen molar-refractivity contribution in [2.45, 2.75) is 13.0 Å². The van der Waals surface area contributed by atoms with Gasteiger partial charge < -0.3 is 15.7 Å². The van der Waals surface area contributed by atoms with Crippen molar-refractivity contribution in [2.24, 2.45) is 0 Å². The van der Waals surface area contributed by atoms with Crippen molar-refractivity contribution in [3.63, 3.8) is 0 Å². The first-order valence-electron chi connectivity index (χ1n) is 6.71. The molecule has 1 aromatic carbocycles. The van der Waals surface area contributed by atoms with E-state index in [9.17, 15) is 14.0 Å². The van der Waals surface area contributed by atoms with Crippen molar-refractivity contribution < 1.29 is 19.1 Å². The van der Waals surface area contributed by atoms with Gasteiger partial charge in [-0.3, -0.25) is 14.5 Å². The monoisotopic (exact) mass is 295 g/mol. The molecule has 1 aromatic rings. The molecule has 2 rings (SSSR count). The summed E-state index contributed by atoms with van der Waals surface area (Å²) < 4.78 is 13.2. The molecule has 0 bridgehead atoms. The molecule has 0 spiro atoms. The normalized spacial score (nSPS) is 17.5. The molecule has 1 unspecified atom stereocenters. The third-order valence-corrected chi connectivity index (χ3v) is 3.75. The fourth-order valence-corrected chi connectivity index (χ4v) is 2.35. The fraction of sp³-hybridized carbons (Fsp3) is 0.429. The molecule has 0 aromatic heterocycles. The molecule has 3 N–H and O–H groups in total. The van der Waals surface area contributed by atoms with E-state index < -0.39 is 17.8 Å². The van der Waals surface area contributed by atoms with E-state index in [2.05, 4.69) is 0 Å². The minimum atomic E-state index is -0.885. The number of nitrogen functional groups attached to an aromatic ring is 1. The highest BCUT2D eigenvalue weighted by molar-refractivity contribution is 5.99. The molecule has 1 amide bonds. The van der Waals surface area contributed by atoms with E-state index in [1.807, 2.05) is 0 Å². The average molecular weight is 295 g/mol. The zero-order chi connectivity index (χ0) is 15.6. The highest BCUT2D eigenvalue weighted by Gasteiger charge is 2.28. The van der Waals surface area contributed by atoms with E-state index in [4.69, 9.17) is 10.8 Å². The van der Waals surface area contributed by atoms with Crippen LogP contribution in [0.25, 0.3) is 0 Å². The highest BCUT2D eigenvalue weighted by atomic mass is 19.1. The summed E-state index contributed by atoms with van der Waals surface area (Å²) in [4.78, 5) is 26.6. The van der Waals surface area contributed by atoms with Crippen molar-refractivity contribution in [1.82, 2.24) is 9.80 Å². The zero-order valence-corrected chi connectivity index (χ0v) is 11.8. The average Bonchev–Trinajstić information content (AvgIpc) is 2.48. The second-order valence-corrected chi connectivity index (χ2v) is 5.07. The lowest BCUT2D eigenvalue weighted by Gasteiger charge is -2.36. The number of nitrogens with zero attached hydrogens (tertiary/aromatic N) is 2. The molecule has 0 aliphatic carbocycles. The summed E-state index contributed by atoms with van der Waals surface area (Å²) in [6.07, 6.45) is 0. The van der Waals surface area contributed by atoms with Crippen molar-refractivity contribution in [3.8, 4) is 0 Å². The van der Waals surface area contributed by atoms with Gasteiger partial charge in [-0.15, -0.1) is 0 Å². The number of nitrogens with two attached hydrogens (primary N) is 1. The van der Waals surface area contributed by atoms with Gasteiger partial charge in [-0.1, -0.05) is 0 Å². The Morgan fingerprint density at radius 2 is 1.90 bits per heavy atom. The molecule has 1 saturated heterocycles. The number of carboxylic acid groups (broad SMARTS) is 1. The predicted octanol–water partition coefficient (Wildman–Crippen LogP) is 0.639. The number of hydrogen-bond acceptors (Lipinski definition) is 4. The van der Waals surface area contributed by atoms with E-state index in [1.165, 1.54) is 12.1 Å². The number of carboxylic acids is 1. The molecule has 114 valence electrons. The molecule has 1 heterocycles. The lowest BCUT2D eigenvalue weighted by Crippen LogP contribution is -2.53. The first-order valence-corrected chi connectivity index (χ1v) is 6.71. The summed E-state index contributed by atoms with van der Waals surface area (Å²) in [6, 6.07) is 3.12. The quantitative estimate of drug-likeness (QED) is 0.799. The first-order chi connectivity index (χ1) is 9.90. The third-order valence-electron chi connectivity index (χ3n) is 3.75. The molecule has 21 heavy (non-hydrogen) atoms. The second-order valence-electron chi connectivity index (χ2n) is 5.07. The number of carbonyl (C=O) groups is 2. The number of benzene rings is 1. The minimum Gasteiger partial charge on any atom is -0.480 e. The number of anilines is 1. The maximum atomic E-state index is 13.2. The molecular weight excluding hydrogens is 277 g/mol. The Labute approximate surface area is 121 Å². The largest absolute Gasteiger partial charge is 0.480 e. The molecule has 7 heteroatoms. The van der Waals surface area contributed by atoms with Crippen LogP contribution in [0.5, 0.6) is 0 Å². The smallest absolute Gasteiger partial charge is 0.320 e. The van der Waals surface area contributed by atoms with Gasteiger partial charge in [-0.05, 0) is 25.1 Å². The molecule has 0 radical (unpaired) electrons. The Balaban J connectivity index is 2.03. The van der Waals surface area contributed by atoms with Crippen LogP contribution >= 0.6 is 0 Å². The van der Waals surface area contributed by atoms with Gasteiger partial charge >= 0.3 is 5.97 Å². The van der Waals surface area contributed by atoms with Gasteiger partial charge in [0.15, 0.2) is 0 Å². The minimum absolute atomic E-state index is 0.148. The van der Waals surface area contributed by atoms with Crippen LogP contribution < -0.4 is 5.73 Å². The van der Waals surface area contributed by atoms with Crippen LogP contribution in [-0.2, 0) is 4.79 Å². The van der Waals surface area contributed by atoms with Gasteiger partial charge in [0, 0.05) is 31.9 Å². The Morgan fingerprint density at radius 1 is 1.29 bits per heavy atom. The van der Waals surface area contributed by atoms with E-state index in [0.29, 0.717) is 26.2 Å². The zero-order valence-electron chi connectivity index (χ0n) is 11.8. The van der Waals surface area contributed by atoms with E-state index in [-0.39, 0.29) is 17.2 Å². The van der Waals surface area contributed by atoms with Gasteiger partial charge in [0.2, 0.25) is 0 Å². The third kappa shape index (κ3) is 3.30. The standard InChI is InChI=1S/C14H18FN3O3/c1-9(14(20)21)17-4-6-18(7-5-17)13(19)11-8-10(15)2-3-12(11)16/h2-3,8-9H,4-7,16H2,1H3,(H,20,21). The van der Waals surface area contributed by atoms with Crippen molar-refractivity contribution in [3.05, 3.63) is 29.6 Å². The maximum absolute atomic E-state index is 13.2. The molecule has 1 aliphatic rings. The van der Waals surface area contributed by atoms with Crippen LogP contribution in [0.1, 0.15) is 17.3 Å².